The molecule has 0 bridgehead atoms. The monoisotopic (exact) mass is 374 g/mol. The Hall–Kier alpha value is -1.32. The van der Waals surface area contributed by atoms with Gasteiger partial charge in [0.05, 0.1) is 0 Å². The van der Waals surface area contributed by atoms with Crippen molar-refractivity contribution >= 4 is 5.78 Å². The summed E-state index contributed by atoms with van der Waals surface area (Å²) in [5, 5.41) is 0. The van der Waals surface area contributed by atoms with Crippen molar-refractivity contribution in [3.63, 3.8) is 0 Å². The zero-order valence-electron chi connectivity index (χ0n) is 16.8. The molecular weight excluding hydrogens is 337 g/mol. The number of unbranched alkanes of at least 4 members (excludes halogenated alkanes) is 5. The molecule has 0 saturated carbocycles. The van der Waals surface area contributed by atoms with Gasteiger partial charge in [-0.2, -0.15) is 13.2 Å². The summed E-state index contributed by atoms with van der Waals surface area (Å²) in [6, 6.07) is 0. The predicted octanol–water partition coefficient (Wildman–Crippen LogP) is 8.12. The smallest absolute Gasteiger partial charge is 0.290 e. The Morgan fingerprint density at radius 3 is 1.58 bits per heavy atom. The molecule has 0 aromatic rings. The van der Waals surface area contributed by atoms with E-state index in [4.69, 9.17) is 0 Å². The molecule has 0 aliphatic heterocycles. The highest BCUT2D eigenvalue weighted by Crippen LogP contribution is 2.19. The lowest BCUT2D eigenvalue weighted by Crippen LogP contribution is -2.22. The van der Waals surface area contributed by atoms with Gasteiger partial charge in [-0.3, -0.25) is 4.79 Å². The van der Waals surface area contributed by atoms with Crippen LogP contribution in [0.3, 0.4) is 0 Å². The van der Waals surface area contributed by atoms with Crippen molar-refractivity contribution in [1.29, 1.82) is 0 Å². The van der Waals surface area contributed by atoms with Crippen LogP contribution in [-0.2, 0) is 4.79 Å². The lowest BCUT2D eigenvalue weighted by atomic mass is 10.1. The van der Waals surface area contributed by atoms with E-state index in [9.17, 15) is 18.0 Å². The first-order chi connectivity index (χ1) is 12.4. The maximum Gasteiger partial charge on any atom is 0.449 e. The Morgan fingerprint density at radius 1 is 0.692 bits per heavy atom. The number of carbonyl (C=O) groups excluding carboxylic acids is 1. The van der Waals surface area contributed by atoms with Crippen LogP contribution in [0.4, 0.5) is 13.2 Å². The molecule has 0 amide bonds. The fraction of sp³-hybridized carbons (Fsp3) is 0.682. The molecule has 26 heavy (non-hydrogen) atoms. The summed E-state index contributed by atoms with van der Waals surface area (Å²) in [6.45, 7) is 6.60. The summed E-state index contributed by atoms with van der Waals surface area (Å²) in [6.07, 6.45) is 17.2. The predicted molar refractivity (Wildman–Crippen MR) is 106 cm³/mol. The first-order valence-corrected chi connectivity index (χ1v) is 9.95. The molecule has 152 valence electrons. The van der Waals surface area contributed by atoms with E-state index in [1.165, 1.54) is 25.7 Å². The van der Waals surface area contributed by atoms with E-state index >= 15 is 0 Å². The summed E-state index contributed by atoms with van der Waals surface area (Å²) in [4.78, 5) is 10.6. The normalized spacial score (nSPS) is 12.1. The zero-order valence-corrected chi connectivity index (χ0v) is 16.8. The number of Topliss-reactive ketones (excluding diaryl/α,β-unsaturated/α-hetero) is 1. The molecule has 0 fully saturated rings. The summed E-state index contributed by atoms with van der Waals surface area (Å²) >= 11 is 0. The van der Waals surface area contributed by atoms with Gasteiger partial charge in [0, 0.05) is 6.42 Å². The Balaban J connectivity index is 0. The summed E-state index contributed by atoms with van der Waals surface area (Å²) in [5.41, 5.74) is 0. The molecular formula is C22H37F3O. The minimum atomic E-state index is -4.68. The average molecular weight is 375 g/mol. The van der Waals surface area contributed by atoms with Gasteiger partial charge in [-0.15, -0.1) is 0 Å². The number of halogens is 3. The van der Waals surface area contributed by atoms with E-state index in [0.29, 0.717) is 6.42 Å². The van der Waals surface area contributed by atoms with Crippen molar-refractivity contribution < 1.29 is 18.0 Å². The largest absolute Gasteiger partial charge is 0.449 e. The number of ketones is 1. The summed E-state index contributed by atoms with van der Waals surface area (Å²) in [5.74, 6) is -1.63. The molecule has 0 saturated heterocycles. The van der Waals surface area contributed by atoms with Crippen LogP contribution in [0.5, 0.6) is 0 Å². The minimum Gasteiger partial charge on any atom is -0.290 e. The molecule has 0 radical (unpaired) electrons. The van der Waals surface area contributed by atoms with Gasteiger partial charge in [0.15, 0.2) is 0 Å². The molecule has 0 aromatic heterocycles. The second-order valence-electron chi connectivity index (χ2n) is 6.19. The highest BCUT2D eigenvalue weighted by molar-refractivity contribution is 5.83. The number of alkyl halides is 3. The van der Waals surface area contributed by atoms with Crippen LogP contribution in [0.2, 0.25) is 0 Å². The molecule has 0 aliphatic rings. The minimum absolute atomic E-state index is 0.248. The Bertz CT molecular complexity index is 389. The van der Waals surface area contributed by atoms with Crippen molar-refractivity contribution in [2.45, 2.75) is 97.6 Å². The van der Waals surface area contributed by atoms with Gasteiger partial charge in [-0.05, 0) is 32.1 Å². The lowest BCUT2D eigenvalue weighted by Gasteiger charge is -2.02. The van der Waals surface area contributed by atoms with E-state index in [2.05, 4.69) is 39.0 Å². The molecule has 0 rings (SSSR count). The number of allylic oxidation sites excluding steroid dienone is 6. The van der Waals surface area contributed by atoms with Gasteiger partial charge in [-0.25, -0.2) is 0 Å². The van der Waals surface area contributed by atoms with Crippen molar-refractivity contribution in [2.24, 2.45) is 0 Å². The highest BCUT2D eigenvalue weighted by Gasteiger charge is 2.36. The quantitative estimate of drug-likeness (QED) is 0.235. The van der Waals surface area contributed by atoms with Crippen molar-refractivity contribution in [3.8, 4) is 0 Å². The van der Waals surface area contributed by atoms with Gasteiger partial charge in [0.2, 0.25) is 5.78 Å². The second kappa shape index (κ2) is 20.0. The van der Waals surface area contributed by atoms with Crippen LogP contribution < -0.4 is 0 Å². The molecule has 0 spiro atoms. The van der Waals surface area contributed by atoms with Crippen LogP contribution in [0.1, 0.15) is 91.4 Å². The van der Waals surface area contributed by atoms with Gasteiger partial charge < -0.3 is 0 Å². The molecule has 4 heteroatoms. The lowest BCUT2D eigenvalue weighted by molar-refractivity contribution is -0.171. The fourth-order valence-corrected chi connectivity index (χ4v) is 1.97. The third-order valence-corrected chi connectivity index (χ3v) is 3.55. The van der Waals surface area contributed by atoms with E-state index in [-0.39, 0.29) is 6.42 Å². The molecule has 0 atom stereocenters. The Kier molecular flexibility index (Phi) is 20.7. The fourth-order valence-electron chi connectivity index (χ4n) is 1.97. The zero-order chi connectivity index (χ0) is 20.1. The van der Waals surface area contributed by atoms with E-state index < -0.39 is 18.4 Å². The summed E-state index contributed by atoms with van der Waals surface area (Å²) < 4.78 is 35.7. The molecule has 0 unspecified atom stereocenters. The average Bonchev–Trinajstić information content (AvgIpc) is 2.60. The standard InChI is InChI=1S/C16H23F3O.C6H14/c1-2-3-4-5-6-7-8-9-10-11-12-13-14-15(20)16(17,18)19;1-3-5-6-4-2/h4-5,7-8,10-11H,2-3,6,9,12-14H2,1H3;3-6H2,1-2H3/b5-4-,8-7-,11-10-;. The van der Waals surface area contributed by atoms with Crippen LogP contribution in [-0.4, -0.2) is 12.0 Å². The SMILES string of the molecule is CCC/C=C\C/C=C\C/C=C\CCCC(=O)C(F)(F)F.CCCCCC. The third-order valence-electron chi connectivity index (χ3n) is 3.55. The first-order valence-electron chi connectivity index (χ1n) is 9.95. The number of hydrogen-bond donors (Lipinski definition) is 0. The van der Waals surface area contributed by atoms with Gasteiger partial charge in [0.1, 0.15) is 0 Å². The molecule has 1 nitrogen and oxygen atoms in total. The summed E-state index contributed by atoms with van der Waals surface area (Å²) in [7, 11) is 0. The van der Waals surface area contributed by atoms with Gasteiger partial charge in [0.25, 0.3) is 0 Å². The third kappa shape index (κ3) is 22.7. The molecule has 0 N–H and O–H groups in total. The topological polar surface area (TPSA) is 17.1 Å². The molecule has 0 aliphatic carbocycles. The number of carbonyl (C=O) groups is 1. The maximum absolute atomic E-state index is 11.9. The van der Waals surface area contributed by atoms with E-state index in [1.54, 1.807) is 0 Å². The Labute approximate surface area is 158 Å². The van der Waals surface area contributed by atoms with E-state index in [1.807, 2.05) is 18.2 Å². The van der Waals surface area contributed by atoms with Crippen molar-refractivity contribution in [1.82, 2.24) is 0 Å². The number of rotatable bonds is 13. The van der Waals surface area contributed by atoms with Gasteiger partial charge >= 0.3 is 6.18 Å². The second-order valence-corrected chi connectivity index (χ2v) is 6.19. The molecule has 0 aromatic carbocycles. The maximum atomic E-state index is 11.9. The number of hydrogen-bond acceptors (Lipinski definition) is 1. The van der Waals surface area contributed by atoms with Crippen molar-refractivity contribution in [3.05, 3.63) is 36.5 Å². The van der Waals surface area contributed by atoms with Crippen molar-refractivity contribution in [2.75, 3.05) is 0 Å². The van der Waals surface area contributed by atoms with Crippen LogP contribution >= 0.6 is 0 Å². The highest BCUT2D eigenvalue weighted by atomic mass is 19.4. The van der Waals surface area contributed by atoms with Gasteiger partial charge in [-0.1, -0.05) is 89.3 Å². The van der Waals surface area contributed by atoms with Crippen LogP contribution in [0.25, 0.3) is 0 Å². The van der Waals surface area contributed by atoms with E-state index in [0.717, 1.165) is 25.7 Å². The van der Waals surface area contributed by atoms with Crippen LogP contribution in [0.15, 0.2) is 36.5 Å². The Morgan fingerprint density at radius 2 is 1.15 bits per heavy atom. The molecule has 0 heterocycles. The first kappa shape index (κ1) is 26.9. The van der Waals surface area contributed by atoms with Crippen LogP contribution in [0, 0.1) is 0 Å².